The number of benzene rings is 2. The molecule has 0 heterocycles. The summed E-state index contributed by atoms with van der Waals surface area (Å²) in [5.41, 5.74) is 2.12. The van der Waals surface area contributed by atoms with E-state index in [1.54, 1.807) is 6.20 Å². The Kier molecular flexibility index (Phi) is 4.95. The van der Waals surface area contributed by atoms with Crippen molar-refractivity contribution in [2.75, 3.05) is 0 Å². The van der Waals surface area contributed by atoms with Gasteiger partial charge in [-0.25, -0.2) is 4.79 Å². The molecule has 3 heteroatoms. The SMILES string of the molecule is CC(NC(=O)N/C=C/c1ccccc1)c1ccccc1. The highest BCUT2D eigenvalue weighted by Crippen LogP contribution is 2.10. The van der Waals surface area contributed by atoms with E-state index in [2.05, 4.69) is 10.6 Å². The largest absolute Gasteiger partial charge is 0.331 e. The molecular weight excluding hydrogens is 248 g/mol. The summed E-state index contributed by atoms with van der Waals surface area (Å²) in [5.74, 6) is 0. The van der Waals surface area contributed by atoms with Crippen LogP contribution >= 0.6 is 0 Å². The van der Waals surface area contributed by atoms with Crippen LogP contribution in [0.25, 0.3) is 6.08 Å². The molecule has 0 radical (unpaired) electrons. The zero-order chi connectivity index (χ0) is 14.2. The standard InChI is InChI=1S/C17H18N2O/c1-14(16-10-6-3-7-11-16)19-17(20)18-13-12-15-8-4-2-5-9-15/h2-14H,1H3,(H2,18,19,20)/b13-12+. The summed E-state index contributed by atoms with van der Waals surface area (Å²) in [4.78, 5) is 11.7. The molecule has 1 atom stereocenters. The van der Waals surface area contributed by atoms with E-state index < -0.39 is 0 Å². The second-order valence-corrected chi connectivity index (χ2v) is 4.49. The van der Waals surface area contributed by atoms with Crippen LogP contribution in [-0.4, -0.2) is 6.03 Å². The summed E-state index contributed by atoms with van der Waals surface area (Å²) in [7, 11) is 0. The van der Waals surface area contributed by atoms with Gasteiger partial charge in [-0.2, -0.15) is 0 Å². The first kappa shape index (κ1) is 13.9. The van der Waals surface area contributed by atoms with E-state index in [-0.39, 0.29) is 12.1 Å². The molecule has 0 spiro atoms. The van der Waals surface area contributed by atoms with Crippen molar-refractivity contribution in [2.24, 2.45) is 0 Å². The molecule has 0 saturated carbocycles. The number of carbonyl (C=O) groups excluding carboxylic acids is 1. The smallest absolute Gasteiger partial charge is 0.319 e. The Labute approximate surface area is 119 Å². The molecule has 2 aromatic rings. The first-order valence-electron chi connectivity index (χ1n) is 6.59. The fourth-order valence-corrected chi connectivity index (χ4v) is 1.84. The van der Waals surface area contributed by atoms with Gasteiger partial charge in [0.15, 0.2) is 0 Å². The molecule has 20 heavy (non-hydrogen) atoms. The van der Waals surface area contributed by atoms with Crippen molar-refractivity contribution in [1.82, 2.24) is 10.6 Å². The number of amides is 2. The average Bonchev–Trinajstić information content (AvgIpc) is 2.49. The highest BCUT2D eigenvalue weighted by atomic mass is 16.2. The molecule has 2 aromatic carbocycles. The molecule has 2 rings (SSSR count). The first-order chi connectivity index (χ1) is 9.75. The Morgan fingerprint density at radius 2 is 1.60 bits per heavy atom. The fraction of sp³-hybridized carbons (Fsp3) is 0.118. The van der Waals surface area contributed by atoms with Crippen LogP contribution in [0.4, 0.5) is 4.79 Å². The Hall–Kier alpha value is -2.55. The maximum absolute atomic E-state index is 11.7. The molecular formula is C17H18N2O. The van der Waals surface area contributed by atoms with Gasteiger partial charge < -0.3 is 10.6 Å². The highest BCUT2D eigenvalue weighted by Gasteiger charge is 2.06. The summed E-state index contributed by atoms with van der Waals surface area (Å²) in [6.07, 6.45) is 3.50. The van der Waals surface area contributed by atoms with E-state index in [1.807, 2.05) is 73.7 Å². The molecule has 0 saturated heterocycles. The van der Waals surface area contributed by atoms with Gasteiger partial charge in [-0.1, -0.05) is 60.7 Å². The lowest BCUT2D eigenvalue weighted by molar-refractivity contribution is 0.241. The number of hydrogen-bond acceptors (Lipinski definition) is 1. The van der Waals surface area contributed by atoms with Crippen molar-refractivity contribution in [3.63, 3.8) is 0 Å². The molecule has 3 nitrogen and oxygen atoms in total. The summed E-state index contributed by atoms with van der Waals surface area (Å²) >= 11 is 0. The van der Waals surface area contributed by atoms with Crippen LogP contribution in [0.15, 0.2) is 66.9 Å². The molecule has 0 aliphatic rings. The van der Waals surface area contributed by atoms with Gasteiger partial charge in [-0.3, -0.25) is 0 Å². The minimum Gasteiger partial charge on any atom is -0.331 e. The molecule has 2 amide bonds. The lowest BCUT2D eigenvalue weighted by atomic mass is 10.1. The lowest BCUT2D eigenvalue weighted by Gasteiger charge is -2.13. The van der Waals surface area contributed by atoms with Gasteiger partial charge in [-0.05, 0) is 24.1 Å². The molecule has 0 fully saturated rings. The van der Waals surface area contributed by atoms with Crippen molar-refractivity contribution in [3.05, 3.63) is 78.0 Å². The highest BCUT2D eigenvalue weighted by molar-refractivity contribution is 5.76. The van der Waals surface area contributed by atoms with Crippen LogP contribution in [0.1, 0.15) is 24.1 Å². The van der Waals surface area contributed by atoms with E-state index in [0.717, 1.165) is 11.1 Å². The second kappa shape index (κ2) is 7.14. The Morgan fingerprint density at radius 3 is 2.25 bits per heavy atom. The monoisotopic (exact) mass is 266 g/mol. The third kappa shape index (κ3) is 4.28. The summed E-state index contributed by atoms with van der Waals surface area (Å²) in [6.45, 7) is 1.95. The maximum atomic E-state index is 11.7. The number of hydrogen-bond donors (Lipinski definition) is 2. The number of carbonyl (C=O) groups is 1. The van der Waals surface area contributed by atoms with Gasteiger partial charge in [0.05, 0.1) is 6.04 Å². The minimum absolute atomic E-state index is 0.0266. The molecule has 102 valence electrons. The zero-order valence-corrected chi connectivity index (χ0v) is 11.4. The summed E-state index contributed by atoms with van der Waals surface area (Å²) in [5, 5.41) is 5.58. The first-order valence-corrected chi connectivity index (χ1v) is 6.59. The average molecular weight is 266 g/mol. The van der Waals surface area contributed by atoms with Crippen molar-refractivity contribution in [3.8, 4) is 0 Å². The lowest BCUT2D eigenvalue weighted by Crippen LogP contribution is -2.34. The van der Waals surface area contributed by atoms with Crippen molar-refractivity contribution in [2.45, 2.75) is 13.0 Å². The summed E-state index contributed by atoms with van der Waals surface area (Å²) in [6, 6.07) is 19.4. The Bertz CT molecular complexity index is 564. The quantitative estimate of drug-likeness (QED) is 0.870. The third-order valence-corrected chi connectivity index (χ3v) is 2.94. The van der Waals surface area contributed by atoms with E-state index in [9.17, 15) is 4.79 Å². The van der Waals surface area contributed by atoms with E-state index >= 15 is 0 Å². The number of urea groups is 1. The topological polar surface area (TPSA) is 41.1 Å². The fourth-order valence-electron chi connectivity index (χ4n) is 1.84. The zero-order valence-electron chi connectivity index (χ0n) is 11.4. The van der Waals surface area contributed by atoms with Crippen LogP contribution in [0.3, 0.4) is 0 Å². The van der Waals surface area contributed by atoms with E-state index in [4.69, 9.17) is 0 Å². The number of rotatable bonds is 4. The Balaban J connectivity index is 1.83. The van der Waals surface area contributed by atoms with Crippen LogP contribution in [-0.2, 0) is 0 Å². The maximum Gasteiger partial charge on any atom is 0.319 e. The summed E-state index contributed by atoms with van der Waals surface area (Å²) < 4.78 is 0. The van der Waals surface area contributed by atoms with Crippen molar-refractivity contribution >= 4 is 12.1 Å². The van der Waals surface area contributed by atoms with Crippen molar-refractivity contribution < 1.29 is 4.79 Å². The van der Waals surface area contributed by atoms with Gasteiger partial charge >= 0.3 is 6.03 Å². The predicted octanol–water partition coefficient (Wildman–Crippen LogP) is 3.72. The van der Waals surface area contributed by atoms with E-state index in [1.165, 1.54) is 0 Å². The molecule has 0 bridgehead atoms. The van der Waals surface area contributed by atoms with Gasteiger partial charge in [0, 0.05) is 6.20 Å². The number of nitrogens with one attached hydrogen (secondary N) is 2. The second-order valence-electron chi connectivity index (χ2n) is 4.49. The molecule has 0 aromatic heterocycles. The minimum atomic E-state index is -0.214. The van der Waals surface area contributed by atoms with Gasteiger partial charge in [0.2, 0.25) is 0 Å². The van der Waals surface area contributed by atoms with Gasteiger partial charge in [-0.15, -0.1) is 0 Å². The molecule has 1 unspecified atom stereocenters. The van der Waals surface area contributed by atoms with E-state index in [0.29, 0.717) is 0 Å². The van der Waals surface area contributed by atoms with Crippen LogP contribution in [0.2, 0.25) is 0 Å². The molecule has 0 aliphatic carbocycles. The van der Waals surface area contributed by atoms with Gasteiger partial charge in [0.1, 0.15) is 0 Å². The van der Waals surface area contributed by atoms with Gasteiger partial charge in [0.25, 0.3) is 0 Å². The normalized spacial score (nSPS) is 12.1. The molecule has 2 N–H and O–H groups in total. The van der Waals surface area contributed by atoms with Crippen LogP contribution in [0, 0.1) is 0 Å². The predicted molar refractivity (Wildman–Crippen MR) is 82.0 cm³/mol. The Morgan fingerprint density at radius 1 is 1.00 bits per heavy atom. The van der Waals surface area contributed by atoms with Crippen LogP contribution < -0.4 is 10.6 Å². The molecule has 0 aliphatic heterocycles. The third-order valence-electron chi connectivity index (χ3n) is 2.94. The van der Waals surface area contributed by atoms with Crippen molar-refractivity contribution in [1.29, 1.82) is 0 Å². The van der Waals surface area contributed by atoms with Crippen LogP contribution in [0.5, 0.6) is 0 Å².